The maximum absolute atomic E-state index is 14.7. The molecule has 3 heterocycles. The molecule has 2 aromatic heterocycles. The summed E-state index contributed by atoms with van der Waals surface area (Å²) in [5.41, 5.74) is 35.2. The third-order valence-electron chi connectivity index (χ3n) is 11.9. The summed E-state index contributed by atoms with van der Waals surface area (Å²) in [5.74, 6) is -6.55. The van der Waals surface area contributed by atoms with Crippen molar-refractivity contribution in [3.8, 4) is 6.07 Å². The van der Waals surface area contributed by atoms with Gasteiger partial charge in [0.2, 0.25) is 47.3 Å². The summed E-state index contributed by atoms with van der Waals surface area (Å²) in [7, 11) is 0. The Kier molecular flexibility index (Phi) is 20.6. The van der Waals surface area contributed by atoms with Crippen molar-refractivity contribution in [1.29, 1.82) is 5.26 Å². The molecule has 6 atom stereocenters. The van der Waals surface area contributed by atoms with E-state index in [1.807, 2.05) is 41.8 Å². The number of nitrogens with zero attached hydrogens (tertiary/aromatic N) is 4. The standard InChI is InChI=1S/C48H62N16O8S/c49-25-28-15-13-27(14-16-28)21-36(63-44(70)37(59-40(66)23-30-7-6-20-73-30)22-29-26-58-32-9-2-1-8-31(29)32)43(69)61-34(11-4-18-57-48(54)55)46(72)64-19-5-12-38(64)45(71)60-33(10-3-17-56-47(52)53)42(68)62-35(41(51)67)24-39(50)65/h1-2,6-9,13-16,20,26,33-38,58H,3-5,10-12,17-19,21-24H2,(H2,50,65)(H2,51,67)(H,59,66)(H,60,71)(H,61,69)(H,62,68)(H,63,70)(H4,52,53,56)(H4,54,55,57)/t33-,34-,35-,36-,37-,38-/m0/s1. The van der Waals surface area contributed by atoms with Gasteiger partial charge in [-0.1, -0.05) is 36.4 Å². The first kappa shape index (κ1) is 55.4. The van der Waals surface area contributed by atoms with E-state index in [9.17, 15) is 43.6 Å². The van der Waals surface area contributed by atoms with Crippen molar-refractivity contribution in [1.82, 2.24) is 36.5 Å². The highest BCUT2D eigenvalue weighted by Crippen LogP contribution is 2.22. The van der Waals surface area contributed by atoms with Crippen LogP contribution in [-0.4, -0.2) is 125 Å². The largest absolute Gasteiger partial charge is 0.370 e. The van der Waals surface area contributed by atoms with Gasteiger partial charge in [0.25, 0.3) is 0 Å². The molecule has 1 aliphatic rings. The van der Waals surface area contributed by atoms with Crippen LogP contribution in [0.4, 0.5) is 0 Å². The minimum absolute atomic E-state index is 0.00361. The van der Waals surface area contributed by atoms with Crippen LogP contribution in [-0.2, 0) is 57.6 Å². The number of aromatic amines is 1. The topological polar surface area (TPSA) is 420 Å². The van der Waals surface area contributed by atoms with Gasteiger partial charge in [-0.3, -0.25) is 48.3 Å². The zero-order valence-electron chi connectivity index (χ0n) is 40.0. The van der Waals surface area contributed by atoms with Gasteiger partial charge in [-0.15, -0.1) is 11.3 Å². The Morgan fingerprint density at radius 3 is 1.96 bits per heavy atom. The minimum Gasteiger partial charge on any atom is -0.370 e. The number of carbonyl (C=O) groups is 8. The van der Waals surface area contributed by atoms with E-state index in [1.165, 1.54) is 16.2 Å². The summed E-state index contributed by atoms with van der Waals surface area (Å²) in [6.45, 7) is 0.211. The van der Waals surface area contributed by atoms with Crippen molar-refractivity contribution in [2.75, 3.05) is 19.6 Å². The van der Waals surface area contributed by atoms with Crippen LogP contribution < -0.4 is 61.0 Å². The molecule has 0 radical (unpaired) electrons. The highest BCUT2D eigenvalue weighted by atomic mass is 32.1. The van der Waals surface area contributed by atoms with Gasteiger partial charge in [0, 0.05) is 54.5 Å². The third-order valence-corrected chi connectivity index (χ3v) is 12.7. The average molecular weight is 1020 g/mol. The Bertz CT molecular complexity index is 2690. The number of nitrogens with two attached hydrogens (primary N) is 6. The van der Waals surface area contributed by atoms with Gasteiger partial charge in [-0.25, -0.2) is 0 Å². The lowest BCUT2D eigenvalue weighted by Gasteiger charge is -2.31. The van der Waals surface area contributed by atoms with Crippen molar-refractivity contribution in [3.63, 3.8) is 0 Å². The fourth-order valence-electron chi connectivity index (χ4n) is 8.25. The molecule has 24 nitrogen and oxygen atoms in total. The second-order valence-corrected chi connectivity index (χ2v) is 18.4. The number of aromatic nitrogens is 1. The van der Waals surface area contributed by atoms with Crippen LogP contribution in [0.25, 0.3) is 10.9 Å². The van der Waals surface area contributed by atoms with Crippen molar-refractivity contribution in [3.05, 3.63) is 93.8 Å². The number of para-hydroxylation sites is 1. The first-order valence-corrected chi connectivity index (χ1v) is 24.4. The van der Waals surface area contributed by atoms with Gasteiger partial charge in [-0.2, -0.15) is 5.26 Å². The van der Waals surface area contributed by atoms with Gasteiger partial charge in [0.15, 0.2) is 11.9 Å². The van der Waals surface area contributed by atoms with Crippen LogP contribution in [0.2, 0.25) is 0 Å². The van der Waals surface area contributed by atoms with Crippen LogP contribution in [0.5, 0.6) is 0 Å². The van der Waals surface area contributed by atoms with E-state index >= 15 is 0 Å². The summed E-state index contributed by atoms with van der Waals surface area (Å²) < 4.78 is 0. The highest BCUT2D eigenvalue weighted by Gasteiger charge is 2.40. The van der Waals surface area contributed by atoms with E-state index in [0.29, 0.717) is 17.5 Å². The molecule has 73 heavy (non-hydrogen) atoms. The molecule has 25 heteroatoms. The number of nitrogens with one attached hydrogen (secondary N) is 6. The van der Waals surface area contributed by atoms with Crippen LogP contribution in [0.1, 0.15) is 66.5 Å². The van der Waals surface area contributed by atoms with Crippen LogP contribution in [0, 0.1) is 11.3 Å². The molecule has 8 amide bonds. The molecule has 0 saturated carbocycles. The zero-order valence-corrected chi connectivity index (χ0v) is 40.8. The Morgan fingerprint density at radius 2 is 1.34 bits per heavy atom. The summed E-state index contributed by atoms with van der Waals surface area (Å²) in [5, 5.41) is 25.6. The van der Waals surface area contributed by atoms with E-state index in [0.717, 1.165) is 21.3 Å². The maximum Gasteiger partial charge on any atom is 0.245 e. The Labute approximate surface area is 424 Å². The number of hydrogen-bond acceptors (Lipinski definition) is 12. The lowest BCUT2D eigenvalue weighted by Crippen LogP contribution is -2.60. The molecule has 1 fully saturated rings. The molecular formula is C48H62N16O8S. The number of carbonyl (C=O) groups excluding carboxylic acids is 8. The molecule has 1 aliphatic heterocycles. The Balaban J connectivity index is 1.42. The number of thiophene rings is 1. The number of H-pyrrole nitrogens is 1. The second-order valence-electron chi connectivity index (χ2n) is 17.4. The van der Waals surface area contributed by atoms with Gasteiger partial charge in [0.05, 0.1) is 24.5 Å². The number of primary amides is 2. The Hall–Kier alpha value is -8.53. The van der Waals surface area contributed by atoms with Gasteiger partial charge < -0.3 is 70.9 Å². The summed E-state index contributed by atoms with van der Waals surface area (Å²) in [4.78, 5) is 122. The monoisotopic (exact) mass is 1020 g/mol. The number of fused-ring (bicyclic) bond motifs is 1. The van der Waals surface area contributed by atoms with Gasteiger partial charge in [0.1, 0.15) is 36.3 Å². The summed E-state index contributed by atoms with van der Waals surface area (Å²) in [6, 6.07) is 11.7. The smallest absolute Gasteiger partial charge is 0.245 e. The molecule has 1 saturated heterocycles. The normalized spacial score (nSPS) is 15.0. The molecule has 0 bridgehead atoms. The highest BCUT2D eigenvalue weighted by molar-refractivity contribution is 7.10. The third kappa shape index (κ3) is 17.1. The number of amides is 8. The summed E-state index contributed by atoms with van der Waals surface area (Å²) in [6.07, 6.45) is 1.87. The van der Waals surface area contributed by atoms with Crippen molar-refractivity contribution >= 4 is 81.4 Å². The van der Waals surface area contributed by atoms with E-state index in [4.69, 9.17) is 34.4 Å². The number of likely N-dealkylation sites (tertiary alicyclic amines) is 1. The fourth-order valence-corrected chi connectivity index (χ4v) is 8.96. The summed E-state index contributed by atoms with van der Waals surface area (Å²) >= 11 is 1.39. The number of aliphatic imine (C=N–C) groups is 2. The maximum atomic E-state index is 14.7. The second kappa shape index (κ2) is 27.2. The number of guanidine groups is 2. The van der Waals surface area contributed by atoms with E-state index in [2.05, 4.69) is 41.6 Å². The predicted molar refractivity (Wildman–Crippen MR) is 272 cm³/mol. The van der Waals surface area contributed by atoms with Crippen LogP contribution in [0.3, 0.4) is 0 Å². The first-order chi connectivity index (χ1) is 34.9. The Morgan fingerprint density at radius 1 is 0.726 bits per heavy atom. The van der Waals surface area contributed by atoms with Crippen LogP contribution in [0.15, 0.2) is 82.2 Å². The number of rotatable bonds is 27. The van der Waals surface area contributed by atoms with E-state index in [-0.39, 0.29) is 82.9 Å². The molecular weight excluding hydrogens is 961 g/mol. The number of benzene rings is 2. The van der Waals surface area contributed by atoms with E-state index in [1.54, 1.807) is 36.5 Å². The number of hydrogen-bond donors (Lipinski definition) is 12. The molecule has 0 aliphatic carbocycles. The average Bonchev–Trinajstić information content (AvgIpc) is 4.15. The molecule has 18 N–H and O–H groups in total. The quantitative estimate of drug-likeness (QED) is 0.0175. The molecule has 388 valence electrons. The van der Waals surface area contributed by atoms with Gasteiger partial charge in [-0.05, 0) is 79.3 Å². The van der Waals surface area contributed by atoms with Gasteiger partial charge >= 0.3 is 0 Å². The molecule has 0 unspecified atom stereocenters. The first-order valence-electron chi connectivity index (χ1n) is 23.5. The molecule has 4 aromatic rings. The number of nitriles is 1. The van der Waals surface area contributed by atoms with Crippen LogP contribution >= 0.6 is 11.3 Å². The predicted octanol–water partition coefficient (Wildman–Crippen LogP) is -1.99. The van der Waals surface area contributed by atoms with Crippen molar-refractivity contribution < 1.29 is 38.4 Å². The fraction of sp³-hybridized carbons (Fsp3) is 0.396. The minimum atomic E-state index is -1.49. The van der Waals surface area contributed by atoms with E-state index < -0.39 is 89.9 Å². The lowest BCUT2D eigenvalue weighted by atomic mass is 10.0. The SMILES string of the molecule is N#Cc1ccc(C[C@H](NC(=O)[C@H](Cc2c[nH]c3ccccc23)NC(=O)Cc2cccs2)C(=O)N[C@@H](CCCN=C(N)N)C(=O)N2CCC[C@H]2C(=O)N[C@@H](CCCN=C(N)N)C(=O)N[C@@H](CC(N)=O)C(N)=O)cc1. The molecule has 0 spiro atoms. The lowest BCUT2D eigenvalue weighted by molar-refractivity contribution is -0.142. The molecule has 2 aromatic carbocycles. The molecule has 5 rings (SSSR count). The van der Waals surface area contributed by atoms with Crippen molar-refractivity contribution in [2.45, 2.75) is 100 Å². The van der Waals surface area contributed by atoms with Crippen molar-refractivity contribution in [2.24, 2.45) is 44.4 Å². The zero-order chi connectivity index (χ0) is 53.0.